The average molecular weight is 269 g/mol. The SMILES string of the molecule is N#CC1(Nc2ccccc2)Cc2ccc(Cl)cc2C1. The zero-order chi connectivity index (χ0) is 13.3. The van der Waals surface area contributed by atoms with E-state index in [1.54, 1.807) is 0 Å². The summed E-state index contributed by atoms with van der Waals surface area (Å²) in [6, 6.07) is 18.2. The molecule has 1 aliphatic carbocycles. The number of nitrogens with zero attached hydrogens (tertiary/aromatic N) is 1. The maximum absolute atomic E-state index is 9.57. The summed E-state index contributed by atoms with van der Waals surface area (Å²) in [5, 5.41) is 13.7. The fourth-order valence-corrected chi connectivity index (χ4v) is 2.83. The summed E-state index contributed by atoms with van der Waals surface area (Å²) in [4.78, 5) is 0. The van der Waals surface area contributed by atoms with Gasteiger partial charge in [0.25, 0.3) is 0 Å². The molecule has 0 saturated carbocycles. The van der Waals surface area contributed by atoms with Crippen molar-refractivity contribution in [3.8, 4) is 6.07 Å². The third-order valence-corrected chi connectivity index (χ3v) is 3.76. The van der Waals surface area contributed by atoms with E-state index < -0.39 is 5.54 Å². The maximum atomic E-state index is 9.57. The molecule has 3 rings (SSSR count). The van der Waals surface area contributed by atoms with Gasteiger partial charge >= 0.3 is 0 Å². The number of nitriles is 1. The molecule has 0 radical (unpaired) electrons. The Labute approximate surface area is 117 Å². The van der Waals surface area contributed by atoms with Gasteiger partial charge in [0.05, 0.1) is 6.07 Å². The first-order valence-electron chi connectivity index (χ1n) is 6.23. The first kappa shape index (κ1) is 12.1. The molecule has 0 saturated heterocycles. The lowest BCUT2D eigenvalue weighted by atomic mass is 9.97. The monoisotopic (exact) mass is 268 g/mol. The predicted molar refractivity (Wildman–Crippen MR) is 77.3 cm³/mol. The Morgan fingerprint density at radius 3 is 2.53 bits per heavy atom. The van der Waals surface area contributed by atoms with E-state index in [0.29, 0.717) is 12.8 Å². The Hall–Kier alpha value is -1.98. The van der Waals surface area contributed by atoms with Gasteiger partial charge in [-0.3, -0.25) is 0 Å². The third kappa shape index (κ3) is 2.30. The molecule has 19 heavy (non-hydrogen) atoms. The summed E-state index contributed by atoms with van der Waals surface area (Å²) in [6.07, 6.45) is 1.40. The van der Waals surface area contributed by atoms with Crippen LogP contribution in [-0.4, -0.2) is 5.54 Å². The zero-order valence-corrected chi connectivity index (χ0v) is 11.1. The molecule has 3 heteroatoms. The van der Waals surface area contributed by atoms with Crippen LogP contribution in [0.2, 0.25) is 5.02 Å². The van der Waals surface area contributed by atoms with Gasteiger partial charge in [0.15, 0.2) is 0 Å². The fraction of sp³-hybridized carbons (Fsp3) is 0.188. The lowest BCUT2D eigenvalue weighted by Crippen LogP contribution is -2.37. The molecule has 1 N–H and O–H groups in total. The van der Waals surface area contributed by atoms with Gasteiger partial charge in [-0.1, -0.05) is 35.9 Å². The Morgan fingerprint density at radius 2 is 1.79 bits per heavy atom. The average Bonchev–Trinajstić information content (AvgIpc) is 2.78. The fourth-order valence-electron chi connectivity index (χ4n) is 2.64. The quantitative estimate of drug-likeness (QED) is 0.899. The molecule has 0 heterocycles. The van der Waals surface area contributed by atoms with E-state index in [9.17, 15) is 5.26 Å². The van der Waals surface area contributed by atoms with Crippen molar-refractivity contribution in [2.24, 2.45) is 0 Å². The van der Waals surface area contributed by atoms with E-state index in [2.05, 4.69) is 11.4 Å². The van der Waals surface area contributed by atoms with Gasteiger partial charge in [-0.05, 0) is 35.4 Å². The van der Waals surface area contributed by atoms with Crippen LogP contribution in [0.3, 0.4) is 0 Å². The largest absolute Gasteiger partial charge is 0.367 e. The molecule has 0 bridgehead atoms. The summed E-state index contributed by atoms with van der Waals surface area (Å²) in [5.41, 5.74) is 2.78. The zero-order valence-electron chi connectivity index (χ0n) is 10.4. The second-order valence-electron chi connectivity index (χ2n) is 4.95. The molecule has 0 fully saturated rings. The van der Waals surface area contributed by atoms with Crippen LogP contribution in [-0.2, 0) is 12.8 Å². The van der Waals surface area contributed by atoms with Crippen molar-refractivity contribution in [2.75, 3.05) is 5.32 Å². The van der Waals surface area contributed by atoms with Crippen LogP contribution in [0.25, 0.3) is 0 Å². The topological polar surface area (TPSA) is 35.8 Å². The molecular formula is C16H13ClN2. The van der Waals surface area contributed by atoms with Crippen molar-refractivity contribution in [3.63, 3.8) is 0 Å². The molecule has 2 nitrogen and oxygen atoms in total. The maximum Gasteiger partial charge on any atom is 0.133 e. The Morgan fingerprint density at radius 1 is 1.05 bits per heavy atom. The van der Waals surface area contributed by atoms with E-state index >= 15 is 0 Å². The summed E-state index contributed by atoms with van der Waals surface area (Å²) in [6.45, 7) is 0. The van der Waals surface area contributed by atoms with Crippen molar-refractivity contribution >= 4 is 17.3 Å². The second-order valence-corrected chi connectivity index (χ2v) is 5.39. The summed E-state index contributed by atoms with van der Waals surface area (Å²) in [7, 11) is 0. The first-order chi connectivity index (χ1) is 9.21. The van der Waals surface area contributed by atoms with Gasteiger partial charge in [0.2, 0.25) is 0 Å². The van der Waals surface area contributed by atoms with Crippen molar-refractivity contribution in [1.82, 2.24) is 0 Å². The van der Waals surface area contributed by atoms with Crippen molar-refractivity contribution in [1.29, 1.82) is 5.26 Å². The number of halogens is 1. The van der Waals surface area contributed by atoms with Gasteiger partial charge in [-0.25, -0.2) is 0 Å². The van der Waals surface area contributed by atoms with Gasteiger partial charge in [-0.15, -0.1) is 0 Å². The van der Waals surface area contributed by atoms with Gasteiger partial charge in [0, 0.05) is 23.6 Å². The minimum atomic E-state index is -0.561. The number of fused-ring (bicyclic) bond motifs is 1. The minimum Gasteiger partial charge on any atom is -0.367 e. The molecule has 2 aromatic rings. The highest BCUT2D eigenvalue weighted by molar-refractivity contribution is 6.30. The van der Waals surface area contributed by atoms with E-state index in [4.69, 9.17) is 11.6 Å². The van der Waals surface area contributed by atoms with Crippen LogP contribution >= 0.6 is 11.6 Å². The number of anilines is 1. The molecule has 0 amide bonds. The minimum absolute atomic E-state index is 0.561. The van der Waals surface area contributed by atoms with Crippen LogP contribution in [0.1, 0.15) is 11.1 Å². The lowest BCUT2D eigenvalue weighted by molar-refractivity contribution is 0.628. The Balaban J connectivity index is 1.90. The Bertz CT molecular complexity index is 646. The summed E-state index contributed by atoms with van der Waals surface area (Å²) >= 11 is 6.02. The summed E-state index contributed by atoms with van der Waals surface area (Å²) in [5.74, 6) is 0. The molecule has 94 valence electrons. The normalized spacial score (nSPS) is 20.6. The Kier molecular flexibility index (Phi) is 2.93. The molecule has 1 atom stereocenters. The van der Waals surface area contributed by atoms with E-state index in [0.717, 1.165) is 16.3 Å². The lowest BCUT2D eigenvalue weighted by Gasteiger charge is -2.23. The number of benzene rings is 2. The molecular weight excluding hydrogens is 256 g/mol. The highest BCUT2D eigenvalue weighted by atomic mass is 35.5. The van der Waals surface area contributed by atoms with Gasteiger partial charge < -0.3 is 5.32 Å². The number of nitrogens with one attached hydrogen (secondary N) is 1. The molecule has 0 aliphatic heterocycles. The van der Waals surface area contributed by atoms with Crippen LogP contribution < -0.4 is 5.32 Å². The molecule has 2 aromatic carbocycles. The smallest absolute Gasteiger partial charge is 0.133 e. The molecule has 1 unspecified atom stereocenters. The third-order valence-electron chi connectivity index (χ3n) is 3.52. The van der Waals surface area contributed by atoms with Crippen LogP contribution in [0.4, 0.5) is 5.69 Å². The van der Waals surface area contributed by atoms with Crippen molar-refractivity contribution in [3.05, 3.63) is 64.7 Å². The number of hydrogen-bond donors (Lipinski definition) is 1. The van der Waals surface area contributed by atoms with E-state index in [1.807, 2.05) is 48.5 Å². The number of hydrogen-bond acceptors (Lipinski definition) is 2. The highest BCUT2D eigenvalue weighted by Gasteiger charge is 2.37. The molecule has 0 spiro atoms. The van der Waals surface area contributed by atoms with E-state index in [-0.39, 0.29) is 0 Å². The van der Waals surface area contributed by atoms with Crippen LogP contribution in [0.5, 0.6) is 0 Å². The van der Waals surface area contributed by atoms with Gasteiger partial charge in [0.1, 0.15) is 5.54 Å². The van der Waals surface area contributed by atoms with Crippen LogP contribution in [0, 0.1) is 11.3 Å². The van der Waals surface area contributed by atoms with Crippen LogP contribution in [0.15, 0.2) is 48.5 Å². The standard InChI is InChI=1S/C16H13ClN2/c17-14-7-6-12-9-16(11-18,10-13(12)8-14)19-15-4-2-1-3-5-15/h1-8,19H,9-10H2. The number of para-hydroxylation sites is 1. The highest BCUT2D eigenvalue weighted by Crippen LogP contribution is 2.34. The summed E-state index contributed by atoms with van der Waals surface area (Å²) < 4.78 is 0. The predicted octanol–water partition coefficient (Wildman–Crippen LogP) is 3.81. The van der Waals surface area contributed by atoms with Gasteiger partial charge in [-0.2, -0.15) is 5.26 Å². The molecule has 1 aliphatic rings. The number of rotatable bonds is 2. The second kappa shape index (κ2) is 4.60. The van der Waals surface area contributed by atoms with E-state index in [1.165, 1.54) is 5.56 Å². The first-order valence-corrected chi connectivity index (χ1v) is 6.60. The molecule has 0 aromatic heterocycles. The van der Waals surface area contributed by atoms with Crippen molar-refractivity contribution < 1.29 is 0 Å². The van der Waals surface area contributed by atoms with Crippen molar-refractivity contribution in [2.45, 2.75) is 18.4 Å².